The lowest BCUT2D eigenvalue weighted by molar-refractivity contribution is 0.102. The number of aromatic nitrogens is 3. The maximum Gasteiger partial charge on any atom is 0.257 e. The van der Waals surface area contributed by atoms with Crippen LogP contribution < -0.4 is 20.3 Å². The molecule has 1 saturated heterocycles. The second-order valence-corrected chi connectivity index (χ2v) is 8.95. The van der Waals surface area contributed by atoms with Crippen LogP contribution in [0.3, 0.4) is 0 Å². The Kier molecular flexibility index (Phi) is 6.56. The highest BCUT2D eigenvalue weighted by atomic mass is 16.5. The minimum absolute atomic E-state index is 0.210. The minimum Gasteiger partial charge on any atom is -0.474 e. The summed E-state index contributed by atoms with van der Waals surface area (Å²) in [5, 5.41) is 6.18. The van der Waals surface area contributed by atoms with Gasteiger partial charge in [0.05, 0.1) is 5.56 Å². The molecule has 3 aromatic rings. The van der Waals surface area contributed by atoms with Crippen LogP contribution in [0.1, 0.15) is 54.6 Å². The SMILES string of the molecule is Cc1cc(N2CCCC2)nc(Nc2ccc(NC(=O)c3ccc(OC4CCCC4)nc3)cc2)n1. The van der Waals surface area contributed by atoms with E-state index in [-0.39, 0.29) is 12.0 Å². The molecule has 34 heavy (non-hydrogen) atoms. The third kappa shape index (κ3) is 5.44. The van der Waals surface area contributed by atoms with Gasteiger partial charge in [0.15, 0.2) is 0 Å². The van der Waals surface area contributed by atoms with Crippen LogP contribution in [0.25, 0.3) is 0 Å². The summed E-state index contributed by atoms with van der Waals surface area (Å²) in [5.74, 6) is 1.90. The third-order valence-corrected chi connectivity index (χ3v) is 6.26. The van der Waals surface area contributed by atoms with Gasteiger partial charge in [-0.2, -0.15) is 4.98 Å². The molecule has 8 heteroatoms. The molecular weight excluding hydrogens is 428 g/mol. The molecule has 0 radical (unpaired) electrons. The van der Waals surface area contributed by atoms with E-state index in [1.807, 2.05) is 37.3 Å². The Hall–Kier alpha value is -3.68. The highest BCUT2D eigenvalue weighted by Crippen LogP contribution is 2.24. The highest BCUT2D eigenvalue weighted by molar-refractivity contribution is 6.04. The number of rotatable bonds is 7. The number of nitrogens with one attached hydrogen (secondary N) is 2. The van der Waals surface area contributed by atoms with Crippen LogP contribution in [0.2, 0.25) is 0 Å². The van der Waals surface area contributed by atoms with Gasteiger partial charge in [-0.05, 0) is 75.8 Å². The van der Waals surface area contributed by atoms with Crippen LogP contribution in [0.15, 0.2) is 48.7 Å². The van der Waals surface area contributed by atoms with Crippen molar-refractivity contribution in [2.24, 2.45) is 0 Å². The molecule has 2 aromatic heterocycles. The molecule has 1 amide bonds. The van der Waals surface area contributed by atoms with E-state index in [4.69, 9.17) is 4.74 Å². The van der Waals surface area contributed by atoms with Gasteiger partial charge in [0.25, 0.3) is 5.91 Å². The number of ether oxygens (including phenoxy) is 1. The van der Waals surface area contributed by atoms with Crippen molar-refractivity contribution in [1.82, 2.24) is 15.0 Å². The Morgan fingerprint density at radius 2 is 1.71 bits per heavy atom. The number of anilines is 4. The lowest BCUT2D eigenvalue weighted by Crippen LogP contribution is -2.19. The van der Waals surface area contributed by atoms with Gasteiger partial charge in [-0.1, -0.05) is 0 Å². The zero-order valence-electron chi connectivity index (χ0n) is 19.5. The molecule has 0 unspecified atom stereocenters. The first-order valence-corrected chi connectivity index (χ1v) is 12.0. The van der Waals surface area contributed by atoms with Gasteiger partial charge in [0.1, 0.15) is 11.9 Å². The second-order valence-electron chi connectivity index (χ2n) is 8.95. The zero-order chi connectivity index (χ0) is 23.3. The Morgan fingerprint density at radius 3 is 2.41 bits per heavy atom. The Balaban J connectivity index is 1.18. The summed E-state index contributed by atoms with van der Waals surface area (Å²) in [7, 11) is 0. The van der Waals surface area contributed by atoms with Gasteiger partial charge in [0.2, 0.25) is 11.8 Å². The van der Waals surface area contributed by atoms with Gasteiger partial charge < -0.3 is 20.3 Å². The predicted molar refractivity (Wildman–Crippen MR) is 133 cm³/mol. The molecule has 2 fully saturated rings. The van der Waals surface area contributed by atoms with E-state index < -0.39 is 0 Å². The maximum absolute atomic E-state index is 12.6. The first-order chi connectivity index (χ1) is 16.6. The van der Waals surface area contributed by atoms with Crippen molar-refractivity contribution in [2.75, 3.05) is 28.6 Å². The van der Waals surface area contributed by atoms with E-state index in [0.29, 0.717) is 23.1 Å². The van der Waals surface area contributed by atoms with Crippen molar-refractivity contribution in [3.63, 3.8) is 0 Å². The second kappa shape index (κ2) is 10.1. The fraction of sp³-hybridized carbons (Fsp3) is 0.385. The number of hydrogen-bond donors (Lipinski definition) is 2. The molecule has 1 aromatic carbocycles. The normalized spacial score (nSPS) is 16.0. The van der Waals surface area contributed by atoms with E-state index in [1.54, 1.807) is 18.3 Å². The van der Waals surface area contributed by atoms with Gasteiger partial charge in [0, 0.05) is 48.5 Å². The lowest BCUT2D eigenvalue weighted by Gasteiger charge is -2.17. The lowest BCUT2D eigenvalue weighted by atomic mass is 10.2. The molecular formula is C26H30N6O2. The number of carbonyl (C=O) groups excluding carboxylic acids is 1. The smallest absolute Gasteiger partial charge is 0.257 e. The van der Waals surface area contributed by atoms with E-state index in [9.17, 15) is 4.79 Å². The highest BCUT2D eigenvalue weighted by Gasteiger charge is 2.18. The predicted octanol–water partition coefficient (Wildman–Crippen LogP) is 5.10. The Bertz CT molecular complexity index is 1120. The average molecular weight is 459 g/mol. The number of aryl methyl sites for hydroxylation is 1. The van der Waals surface area contributed by atoms with Crippen LogP contribution in [0.4, 0.5) is 23.1 Å². The quantitative estimate of drug-likeness (QED) is 0.509. The van der Waals surface area contributed by atoms with Gasteiger partial charge in [-0.15, -0.1) is 0 Å². The Labute approximate surface area is 199 Å². The van der Waals surface area contributed by atoms with Crippen molar-refractivity contribution in [3.8, 4) is 5.88 Å². The van der Waals surface area contributed by atoms with Gasteiger partial charge >= 0.3 is 0 Å². The standard InChI is InChI=1S/C26H30N6O2/c1-18-16-23(32-14-4-5-15-32)31-26(28-18)30-21-11-9-20(10-12-21)29-25(33)19-8-13-24(27-17-19)34-22-6-2-3-7-22/h8-13,16-17,22H,2-7,14-15H2,1H3,(H,29,33)(H,28,30,31). The van der Waals surface area contributed by atoms with E-state index in [1.165, 1.54) is 25.7 Å². The summed E-state index contributed by atoms with van der Waals surface area (Å²) in [5.41, 5.74) is 2.97. The summed E-state index contributed by atoms with van der Waals surface area (Å²) < 4.78 is 5.87. The monoisotopic (exact) mass is 458 g/mol. The third-order valence-electron chi connectivity index (χ3n) is 6.26. The van der Waals surface area contributed by atoms with Gasteiger partial charge in [-0.3, -0.25) is 4.79 Å². The molecule has 2 N–H and O–H groups in total. The number of nitrogens with zero attached hydrogens (tertiary/aromatic N) is 4. The van der Waals surface area contributed by atoms with Crippen molar-refractivity contribution in [3.05, 3.63) is 59.9 Å². The fourth-order valence-corrected chi connectivity index (χ4v) is 4.45. The minimum atomic E-state index is -0.210. The Morgan fingerprint density at radius 1 is 0.971 bits per heavy atom. The zero-order valence-corrected chi connectivity index (χ0v) is 19.5. The van der Waals surface area contributed by atoms with Crippen LogP contribution >= 0.6 is 0 Å². The van der Waals surface area contributed by atoms with Crippen LogP contribution in [-0.2, 0) is 0 Å². The number of benzene rings is 1. The molecule has 3 heterocycles. The first kappa shape index (κ1) is 22.1. The fourth-order valence-electron chi connectivity index (χ4n) is 4.45. The summed E-state index contributed by atoms with van der Waals surface area (Å²) in [6.45, 7) is 4.06. The van der Waals surface area contributed by atoms with Crippen molar-refractivity contribution < 1.29 is 9.53 Å². The maximum atomic E-state index is 12.6. The number of hydrogen-bond acceptors (Lipinski definition) is 7. The van der Waals surface area contributed by atoms with Crippen LogP contribution in [0.5, 0.6) is 5.88 Å². The first-order valence-electron chi connectivity index (χ1n) is 12.0. The summed E-state index contributed by atoms with van der Waals surface area (Å²) in [6.07, 6.45) is 8.77. The van der Waals surface area contributed by atoms with E-state index in [0.717, 1.165) is 43.1 Å². The van der Waals surface area contributed by atoms with Crippen molar-refractivity contribution in [1.29, 1.82) is 0 Å². The molecule has 2 aliphatic rings. The van der Waals surface area contributed by atoms with E-state index in [2.05, 4.69) is 30.5 Å². The average Bonchev–Trinajstić information content (AvgIpc) is 3.55. The number of amides is 1. The molecule has 1 saturated carbocycles. The van der Waals surface area contributed by atoms with E-state index >= 15 is 0 Å². The molecule has 0 spiro atoms. The molecule has 0 atom stereocenters. The van der Waals surface area contributed by atoms with Crippen LogP contribution in [-0.4, -0.2) is 40.1 Å². The van der Waals surface area contributed by atoms with Crippen LogP contribution in [0, 0.1) is 6.92 Å². The molecule has 1 aliphatic carbocycles. The summed E-state index contributed by atoms with van der Waals surface area (Å²) in [6, 6.07) is 13.0. The molecule has 0 bridgehead atoms. The van der Waals surface area contributed by atoms with Crippen molar-refractivity contribution in [2.45, 2.75) is 51.6 Å². The summed E-state index contributed by atoms with van der Waals surface area (Å²) >= 11 is 0. The number of carbonyl (C=O) groups is 1. The van der Waals surface area contributed by atoms with Crippen molar-refractivity contribution >= 4 is 29.0 Å². The summed E-state index contributed by atoms with van der Waals surface area (Å²) in [4.78, 5) is 28.4. The largest absolute Gasteiger partial charge is 0.474 e. The molecule has 5 rings (SSSR count). The molecule has 1 aliphatic heterocycles. The number of pyridine rings is 1. The molecule has 176 valence electrons. The van der Waals surface area contributed by atoms with Gasteiger partial charge in [-0.25, -0.2) is 9.97 Å². The molecule has 8 nitrogen and oxygen atoms in total. The topological polar surface area (TPSA) is 92.3 Å².